The number of hydrogen-bond donors (Lipinski definition) is 2. The summed E-state index contributed by atoms with van der Waals surface area (Å²) in [5.74, 6) is 0. The first kappa shape index (κ1) is 8.24. The van der Waals surface area contributed by atoms with E-state index in [0.717, 1.165) is 0 Å². The van der Waals surface area contributed by atoms with Gasteiger partial charge in [-0.25, -0.2) is 0 Å². The molecule has 0 spiro atoms. The molecular formula is C9H14N2. The molecule has 60 valence electrons. The molecule has 0 aliphatic heterocycles. The second-order valence-corrected chi connectivity index (χ2v) is 2.42. The van der Waals surface area contributed by atoms with E-state index in [1.54, 1.807) is 0 Å². The summed E-state index contributed by atoms with van der Waals surface area (Å²) in [7, 11) is 3.88. The Bertz CT molecular complexity index is 192. The molecular weight excluding hydrogens is 136 g/mol. The summed E-state index contributed by atoms with van der Waals surface area (Å²) in [6.07, 6.45) is 0.260. The van der Waals surface area contributed by atoms with Crippen LogP contribution in [0, 0.1) is 0 Å². The summed E-state index contributed by atoms with van der Waals surface area (Å²) in [5, 5.41) is 6.31. The SMILES string of the molecule is CNC(NC)c1ccccc1. The van der Waals surface area contributed by atoms with E-state index in [2.05, 4.69) is 22.8 Å². The van der Waals surface area contributed by atoms with Crippen molar-refractivity contribution in [3.63, 3.8) is 0 Å². The van der Waals surface area contributed by atoms with Crippen LogP contribution in [0.15, 0.2) is 30.3 Å². The van der Waals surface area contributed by atoms with Crippen molar-refractivity contribution >= 4 is 0 Å². The van der Waals surface area contributed by atoms with Gasteiger partial charge in [0.25, 0.3) is 0 Å². The molecule has 0 aliphatic carbocycles. The van der Waals surface area contributed by atoms with Crippen molar-refractivity contribution in [3.8, 4) is 0 Å². The van der Waals surface area contributed by atoms with Crippen molar-refractivity contribution in [1.29, 1.82) is 0 Å². The molecule has 2 nitrogen and oxygen atoms in total. The highest BCUT2D eigenvalue weighted by molar-refractivity contribution is 5.17. The summed E-state index contributed by atoms with van der Waals surface area (Å²) in [6.45, 7) is 0. The molecule has 0 amide bonds. The molecule has 1 aromatic rings. The van der Waals surface area contributed by atoms with E-state index in [9.17, 15) is 0 Å². The molecule has 1 aromatic carbocycles. The average molecular weight is 150 g/mol. The Morgan fingerprint density at radius 2 is 1.55 bits per heavy atom. The van der Waals surface area contributed by atoms with Gasteiger partial charge in [-0.3, -0.25) is 0 Å². The summed E-state index contributed by atoms with van der Waals surface area (Å²) >= 11 is 0. The van der Waals surface area contributed by atoms with Crippen LogP contribution in [0.25, 0.3) is 0 Å². The van der Waals surface area contributed by atoms with Gasteiger partial charge < -0.3 is 10.6 Å². The fraction of sp³-hybridized carbons (Fsp3) is 0.333. The normalized spacial score (nSPS) is 10.5. The third-order valence-corrected chi connectivity index (χ3v) is 1.71. The van der Waals surface area contributed by atoms with E-state index in [-0.39, 0.29) is 6.17 Å². The molecule has 0 saturated heterocycles. The third-order valence-electron chi connectivity index (χ3n) is 1.71. The van der Waals surface area contributed by atoms with Crippen molar-refractivity contribution < 1.29 is 0 Å². The van der Waals surface area contributed by atoms with E-state index in [0.29, 0.717) is 0 Å². The van der Waals surface area contributed by atoms with Gasteiger partial charge in [-0.2, -0.15) is 0 Å². The minimum atomic E-state index is 0.260. The largest absolute Gasteiger partial charge is 0.301 e. The van der Waals surface area contributed by atoms with Crippen LogP contribution in [0.2, 0.25) is 0 Å². The van der Waals surface area contributed by atoms with Crippen LogP contribution >= 0.6 is 0 Å². The van der Waals surface area contributed by atoms with Gasteiger partial charge in [0.15, 0.2) is 0 Å². The second-order valence-electron chi connectivity index (χ2n) is 2.42. The highest BCUT2D eigenvalue weighted by Gasteiger charge is 2.02. The molecule has 0 bridgehead atoms. The van der Waals surface area contributed by atoms with E-state index < -0.39 is 0 Å². The Morgan fingerprint density at radius 3 is 2.00 bits per heavy atom. The van der Waals surface area contributed by atoms with E-state index >= 15 is 0 Å². The van der Waals surface area contributed by atoms with Crippen LogP contribution in [0.3, 0.4) is 0 Å². The van der Waals surface area contributed by atoms with Crippen molar-refractivity contribution in [2.75, 3.05) is 14.1 Å². The van der Waals surface area contributed by atoms with Crippen molar-refractivity contribution in [2.24, 2.45) is 0 Å². The zero-order chi connectivity index (χ0) is 8.10. The molecule has 1 rings (SSSR count). The van der Waals surface area contributed by atoms with Crippen molar-refractivity contribution in [3.05, 3.63) is 35.9 Å². The van der Waals surface area contributed by atoms with E-state index in [1.165, 1.54) is 5.56 Å². The molecule has 0 aromatic heterocycles. The van der Waals surface area contributed by atoms with Gasteiger partial charge in [-0.15, -0.1) is 0 Å². The molecule has 2 heteroatoms. The van der Waals surface area contributed by atoms with E-state index in [1.807, 2.05) is 32.3 Å². The third kappa shape index (κ3) is 2.03. The number of benzene rings is 1. The number of hydrogen-bond acceptors (Lipinski definition) is 2. The van der Waals surface area contributed by atoms with Crippen LogP contribution in [0.5, 0.6) is 0 Å². The topological polar surface area (TPSA) is 24.1 Å². The van der Waals surface area contributed by atoms with Crippen LogP contribution in [-0.4, -0.2) is 14.1 Å². The molecule has 0 fully saturated rings. The van der Waals surface area contributed by atoms with Crippen LogP contribution < -0.4 is 10.6 Å². The van der Waals surface area contributed by atoms with Gasteiger partial charge in [0.1, 0.15) is 0 Å². The predicted octanol–water partition coefficient (Wildman–Crippen LogP) is 1.12. The van der Waals surface area contributed by atoms with E-state index in [4.69, 9.17) is 0 Å². The Hall–Kier alpha value is -0.860. The first-order valence-electron chi connectivity index (χ1n) is 3.78. The molecule has 0 aliphatic rings. The van der Waals surface area contributed by atoms with Gasteiger partial charge in [0.05, 0.1) is 6.17 Å². The van der Waals surface area contributed by atoms with Crippen LogP contribution in [0.4, 0.5) is 0 Å². The molecule has 0 unspecified atom stereocenters. The van der Waals surface area contributed by atoms with Gasteiger partial charge in [-0.1, -0.05) is 30.3 Å². The van der Waals surface area contributed by atoms with Crippen molar-refractivity contribution in [2.45, 2.75) is 6.17 Å². The minimum Gasteiger partial charge on any atom is -0.301 e. The molecule has 0 radical (unpaired) electrons. The lowest BCUT2D eigenvalue weighted by Gasteiger charge is -2.14. The summed E-state index contributed by atoms with van der Waals surface area (Å²) in [5.41, 5.74) is 1.26. The zero-order valence-electron chi connectivity index (χ0n) is 6.96. The lowest BCUT2D eigenvalue weighted by Crippen LogP contribution is -2.28. The first-order chi connectivity index (χ1) is 5.38. The summed E-state index contributed by atoms with van der Waals surface area (Å²) in [4.78, 5) is 0. The van der Waals surface area contributed by atoms with Crippen LogP contribution in [0.1, 0.15) is 11.7 Å². The van der Waals surface area contributed by atoms with Gasteiger partial charge in [-0.05, 0) is 19.7 Å². The lowest BCUT2D eigenvalue weighted by molar-refractivity contribution is 0.520. The Labute approximate surface area is 67.6 Å². The summed E-state index contributed by atoms with van der Waals surface area (Å²) in [6, 6.07) is 10.3. The molecule has 0 saturated carbocycles. The minimum absolute atomic E-state index is 0.260. The Balaban J connectivity index is 2.74. The molecule has 2 N–H and O–H groups in total. The van der Waals surface area contributed by atoms with Gasteiger partial charge >= 0.3 is 0 Å². The highest BCUT2D eigenvalue weighted by Crippen LogP contribution is 2.06. The quantitative estimate of drug-likeness (QED) is 0.631. The zero-order valence-corrected chi connectivity index (χ0v) is 6.96. The maximum Gasteiger partial charge on any atom is 0.0830 e. The van der Waals surface area contributed by atoms with Gasteiger partial charge in [0.2, 0.25) is 0 Å². The van der Waals surface area contributed by atoms with Crippen LogP contribution in [-0.2, 0) is 0 Å². The molecule has 0 atom stereocenters. The number of rotatable bonds is 3. The highest BCUT2D eigenvalue weighted by atomic mass is 15.1. The molecule has 11 heavy (non-hydrogen) atoms. The maximum atomic E-state index is 3.16. The fourth-order valence-electron chi connectivity index (χ4n) is 1.12. The van der Waals surface area contributed by atoms with Gasteiger partial charge in [0, 0.05) is 0 Å². The Kier molecular flexibility index (Phi) is 3.08. The standard InChI is InChI=1S/C9H14N2/c1-10-9(11-2)8-6-4-3-5-7-8/h3-7,9-11H,1-2H3. The maximum absolute atomic E-state index is 3.16. The predicted molar refractivity (Wildman–Crippen MR) is 47.3 cm³/mol. The van der Waals surface area contributed by atoms with Crippen molar-refractivity contribution in [1.82, 2.24) is 10.6 Å². The average Bonchev–Trinajstić information content (AvgIpc) is 2.09. The molecule has 0 heterocycles. The summed E-state index contributed by atoms with van der Waals surface area (Å²) < 4.78 is 0. The lowest BCUT2D eigenvalue weighted by atomic mass is 10.2. The monoisotopic (exact) mass is 150 g/mol. The number of nitrogens with one attached hydrogen (secondary N) is 2. The first-order valence-corrected chi connectivity index (χ1v) is 3.78. The fourth-order valence-corrected chi connectivity index (χ4v) is 1.12. The smallest absolute Gasteiger partial charge is 0.0830 e. The second kappa shape index (κ2) is 4.11. The Morgan fingerprint density at radius 1 is 1.00 bits per heavy atom.